The Morgan fingerprint density at radius 1 is 0.198 bits per heavy atom. The molecule has 23 heteroatoms. The molecule has 0 bridgehead atoms. The summed E-state index contributed by atoms with van der Waals surface area (Å²) in [6.07, 6.45) is 64.0. The Balaban J connectivity index is 0.00000236. The van der Waals surface area contributed by atoms with Crippen LogP contribution in [-0.4, -0.2) is 127 Å². The zero-order valence-corrected chi connectivity index (χ0v) is 78.4. The molecule has 2 aromatic carbocycles. The van der Waals surface area contributed by atoms with Crippen LogP contribution in [0.4, 0.5) is 0 Å². The molecule has 121 heavy (non-hydrogen) atoms. The van der Waals surface area contributed by atoms with E-state index in [-0.39, 0.29) is 74.2 Å². The first-order valence-corrected chi connectivity index (χ1v) is 45.9. The van der Waals surface area contributed by atoms with Crippen LogP contribution in [0.15, 0.2) is 100 Å². The fourth-order valence-electron chi connectivity index (χ4n) is 13.2. The number of carbonyl (C=O) groups excluding carboxylic acids is 8. The summed E-state index contributed by atoms with van der Waals surface area (Å²) < 4.78 is 67.5. The van der Waals surface area contributed by atoms with Crippen molar-refractivity contribution in [2.75, 3.05) is 79.3 Å². The summed E-state index contributed by atoms with van der Waals surface area (Å²) in [6.45, 7) is 25.8. The van der Waals surface area contributed by atoms with E-state index in [0.717, 1.165) is 334 Å². The van der Waals surface area contributed by atoms with Crippen molar-refractivity contribution < 1.29 is 133 Å². The Morgan fingerprint density at radius 2 is 0.314 bits per heavy atom. The first-order valence-electron chi connectivity index (χ1n) is 45.9. The molecule has 0 radical (unpaired) electrons. The van der Waals surface area contributed by atoms with E-state index >= 15 is 0 Å². The minimum absolute atomic E-state index is 0. The summed E-state index contributed by atoms with van der Waals surface area (Å²) in [7, 11) is 0. The normalized spacial score (nSPS) is 10.6. The van der Waals surface area contributed by atoms with Crippen LogP contribution in [0.2, 0.25) is 0 Å². The number of carboxylic acids is 2. The number of hydrogen-bond acceptors (Lipinski definition) is 22. The Kier molecular flexibility index (Phi) is 79.2. The Morgan fingerprint density at radius 3 is 0.438 bits per heavy atom. The van der Waals surface area contributed by atoms with E-state index < -0.39 is 11.9 Å². The zero-order valence-electron chi connectivity index (χ0n) is 74.4. The van der Waals surface area contributed by atoms with Crippen molar-refractivity contribution in [2.45, 2.75) is 347 Å². The summed E-state index contributed by atoms with van der Waals surface area (Å²) in [6, 6.07) is 5.97. The number of benzene rings is 2. The van der Waals surface area contributed by atoms with E-state index in [2.05, 4.69) is 39.5 Å². The van der Waals surface area contributed by atoms with Gasteiger partial charge in [-0.05, 0) is 101 Å². The molecule has 0 saturated carbocycles. The molecule has 0 N–H and O–H groups in total. The monoisotopic (exact) mass is 1800 g/mol. The molecular formula is C98H154CdO22. The molecule has 0 aliphatic heterocycles. The predicted molar refractivity (Wildman–Crippen MR) is 471 cm³/mol. The Labute approximate surface area is 747 Å². The van der Waals surface area contributed by atoms with Crippen LogP contribution in [0.25, 0.3) is 0 Å². The van der Waals surface area contributed by atoms with Crippen LogP contribution < -0.4 is 38.6 Å². The third-order valence-corrected chi connectivity index (χ3v) is 20.2. The van der Waals surface area contributed by atoms with Crippen LogP contribution in [0.5, 0.6) is 34.5 Å². The van der Waals surface area contributed by atoms with Gasteiger partial charge in [-0.3, -0.25) is 0 Å². The molecule has 0 amide bonds. The molecule has 0 spiro atoms. The number of esters is 6. The number of unbranched alkanes of at least 4 members (excludes halogenated alkanes) is 48. The van der Waals surface area contributed by atoms with Gasteiger partial charge in [-0.1, -0.05) is 309 Å². The predicted octanol–water partition coefficient (Wildman–Crippen LogP) is 21.8. The second-order valence-corrected chi connectivity index (χ2v) is 30.6. The molecule has 680 valence electrons. The van der Waals surface area contributed by atoms with Crippen molar-refractivity contribution in [2.24, 2.45) is 0 Å². The van der Waals surface area contributed by atoms with Crippen LogP contribution in [0.1, 0.15) is 367 Å². The Hall–Kier alpha value is -7.64. The molecule has 0 atom stereocenters. The second kappa shape index (κ2) is 84.6. The van der Waals surface area contributed by atoms with E-state index in [1.807, 2.05) is 0 Å². The van der Waals surface area contributed by atoms with E-state index in [4.69, 9.17) is 56.8 Å². The van der Waals surface area contributed by atoms with Crippen molar-refractivity contribution in [3.63, 3.8) is 0 Å². The van der Waals surface area contributed by atoms with Crippen LogP contribution in [0.3, 0.4) is 0 Å². The van der Waals surface area contributed by atoms with E-state index in [1.165, 1.54) is 73.6 Å². The van der Waals surface area contributed by atoms with Gasteiger partial charge in [0.15, 0.2) is 23.0 Å². The third-order valence-electron chi connectivity index (χ3n) is 20.2. The third kappa shape index (κ3) is 69.5. The molecule has 0 heterocycles. The molecule has 0 saturated heterocycles. The van der Waals surface area contributed by atoms with Crippen molar-refractivity contribution >= 4 is 47.8 Å². The van der Waals surface area contributed by atoms with Crippen LogP contribution >= 0.6 is 0 Å². The minimum atomic E-state index is -1.29. The first-order chi connectivity index (χ1) is 58.6. The van der Waals surface area contributed by atoms with Crippen molar-refractivity contribution in [1.29, 1.82) is 0 Å². The molecule has 0 aromatic heterocycles. The van der Waals surface area contributed by atoms with E-state index in [1.54, 1.807) is 0 Å². The Bertz CT molecular complexity index is 2720. The first kappa shape index (κ1) is 113. The van der Waals surface area contributed by atoms with Gasteiger partial charge in [-0.2, -0.15) is 0 Å². The van der Waals surface area contributed by atoms with Gasteiger partial charge in [0.1, 0.15) is 0 Å². The molecule has 0 unspecified atom stereocenters. The number of aromatic carboxylic acids is 2. The summed E-state index contributed by atoms with van der Waals surface area (Å²) in [5.74, 6) is -2.35. The average Bonchev–Trinajstić information content (AvgIpc) is 0.824. The fraction of sp³-hybridized carbons (Fsp3) is 0.673. The van der Waals surface area contributed by atoms with Gasteiger partial charge in [-0.15, -0.1) is 0 Å². The zero-order chi connectivity index (χ0) is 87.5. The SMILES string of the molecule is C=CC(=O)OCCCCCCCCCCCOc1cc(C(=O)[O-])cc(OCCCCCCCCCCCOC(=O)C=C)c1OCCCCCCCCCCCOC(=O)C=C.C=CC(=O)OCCCCCCCCCCCOc1cc(C(=O)[O-])cc(OCCCCCCCCCCCOC(=O)C=C)c1OCCCCCCCCCCCOC(=O)C=C.[Cd+2]. The van der Waals surface area contributed by atoms with Gasteiger partial charge in [-0.25, -0.2) is 28.8 Å². The van der Waals surface area contributed by atoms with Gasteiger partial charge >= 0.3 is 63.1 Å². The van der Waals surface area contributed by atoms with E-state index in [0.29, 0.717) is 114 Å². The summed E-state index contributed by atoms with van der Waals surface area (Å²) >= 11 is 0. The molecule has 22 nitrogen and oxygen atoms in total. The topological polar surface area (TPSA) is 293 Å². The van der Waals surface area contributed by atoms with Crippen molar-refractivity contribution in [3.05, 3.63) is 111 Å². The maximum absolute atomic E-state index is 12.0. The van der Waals surface area contributed by atoms with Gasteiger partial charge in [0, 0.05) is 47.6 Å². The summed E-state index contributed by atoms with van der Waals surface area (Å²) in [5.41, 5.74) is 0.00530. The molecule has 0 aliphatic carbocycles. The standard InChI is InChI=1S/2C49H78O11.Cd/c2*1-4-45(50)57-36-30-24-18-12-7-10-16-22-28-34-55-43-40-42(49(53)54)41-44(56-35-29-23-17-11-8-13-19-25-31-37-58-46(51)5-2)48(43)60-39-33-27-21-15-9-14-20-26-32-38-59-47(52)6-3;/h2*4-6,40-41H,1-3,7-39H2,(H,53,54);/q;;+2/p-2. The van der Waals surface area contributed by atoms with Gasteiger partial charge < -0.3 is 76.6 Å². The van der Waals surface area contributed by atoms with Crippen LogP contribution in [-0.2, 0) is 84.5 Å². The quantitative estimate of drug-likeness (QED) is 0.0195. The molecule has 2 aromatic rings. The van der Waals surface area contributed by atoms with Crippen LogP contribution in [0, 0.1) is 0 Å². The van der Waals surface area contributed by atoms with Gasteiger partial charge in [0.05, 0.1) is 91.2 Å². The number of rotatable bonds is 86. The number of carboxylic acid groups (broad SMARTS) is 2. The largest absolute Gasteiger partial charge is 2.00 e. The number of ether oxygens (including phenoxy) is 12. The number of hydrogen-bond donors (Lipinski definition) is 0. The maximum Gasteiger partial charge on any atom is 2.00 e. The minimum Gasteiger partial charge on any atom is -0.545 e. The number of carbonyl (C=O) groups is 8. The molecule has 2 rings (SSSR count). The van der Waals surface area contributed by atoms with Gasteiger partial charge in [0.25, 0.3) is 0 Å². The summed E-state index contributed by atoms with van der Waals surface area (Å²) in [4.78, 5) is 90.7. The molecular weight excluding hydrogens is 1640 g/mol. The van der Waals surface area contributed by atoms with E-state index in [9.17, 15) is 48.6 Å². The summed E-state index contributed by atoms with van der Waals surface area (Å²) in [5, 5.41) is 24.0. The molecule has 0 fully saturated rings. The molecule has 0 aliphatic rings. The van der Waals surface area contributed by atoms with Gasteiger partial charge in [0.2, 0.25) is 11.5 Å². The maximum atomic E-state index is 12.0. The second-order valence-electron chi connectivity index (χ2n) is 30.6. The van der Waals surface area contributed by atoms with Crippen molar-refractivity contribution in [1.82, 2.24) is 0 Å². The average molecular weight is 1800 g/mol. The van der Waals surface area contributed by atoms with Crippen molar-refractivity contribution in [3.8, 4) is 34.5 Å². The fourth-order valence-corrected chi connectivity index (χ4v) is 13.2. The smallest absolute Gasteiger partial charge is 0.545 e.